The number of anilines is 3. The molecule has 0 saturated carbocycles. The van der Waals surface area contributed by atoms with Crippen LogP contribution in [0, 0.1) is 12.8 Å². The summed E-state index contributed by atoms with van der Waals surface area (Å²) in [7, 11) is 0. The number of allylic oxidation sites excluding steroid dienone is 1. The maximum Gasteiger partial charge on any atom is 0.335 e. The first kappa shape index (κ1) is 18.2. The summed E-state index contributed by atoms with van der Waals surface area (Å²) in [5.41, 5.74) is 8.73. The third-order valence-electron chi connectivity index (χ3n) is 4.25. The maximum atomic E-state index is 13.0. The average molecular weight is 364 g/mol. The molecule has 1 saturated heterocycles. The fraction of sp³-hybridized carbons (Fsp3) is 0.150. The number of nitrogens with zero attached hydrogens (tertiary/aromatic N) is 1. The van der Waals surface area contributed by atoms with Crippen LogP contribution in [0.1, 0.15) is 12.5 Å². The van der Waals surface area contributed by atoms with E-state index in [1.807, 2.05) is 6.92 Å². The van der Waals surface area contributed by atoms with Gasteiger partial charge in [0.2, 0.25) is 5.91 Å². The Morgan fingerprint density at radius 1 is 1.15 bits per heavy atom. The number of rotatable bonds is 4. The van der Waals surface area contributed by atoms with Crippen LogP contribution in [0.3, 0.4) is 0 Å². The van der Waals surface area contributed by atoms with Gasteiger partial charge in [-0.1, -0.05) is 29.8 Å². The van der Waals surface area contributed by atoms with Gasteiger partial charge in [-0.2, -0.15) is 0 Å². The van der Waals surface area contributed by atoms with E-state index in [1.165, 1.54) is 0 Å². The molecule has 1 heterocycles. The highest BCUT2D eigenvalue weighted by atomic mass is 16.2. The summed E-state index contributed by atoms with van der Waals surface area (Å²) < 4.78 is 0. The van der Waals surface area contributed by atoms with Gasteiger partial charge in [-0.05, 0) is 44.2 Å². The molecule has 27 heavy (non-hydrogen) atoms. The van der Waals surface area contributed by atoms with E-state index in [-0.39, 0.29) is 0 Å². The van der Waals surface area contributed by atoms with E-state index in [0.717, 1.165) is 10.5 Å². The number of hydrogen-bond donors (Lipinski definition) is 3. The van der Waals surface area contributed by atoms with E-state index < -0.39 is 23.8 Å². The Morgan fingerprint density at radius 3 is 2.48 bits per heavy atom. The molecule has 1 aliphatic rings. The predicted octanol–water partition coefficient (Wildman–Crippen LogP) is 2.79. The smallest absolute Gasteiger partial charge is 0.335 e. The fourth-order valence-corrected chi connectivity index (χ4v) is 2.88. The van der Waals surface area contributed by atoms with Crippen LogP contribution in [0.5, 0.6) is 0 Å². The van der Waals surface area contributed by atoms with Gasteiger partial charge in [0.25, 0.3) is 5.91 Å². The summed E-state index contributed by atoms with van der Waals surface area (Å²) in [5, 5.41) is 5.31. The summed E-state index contributed by atoms with van der Waals surface area (Å²) in [6, 6.07) is 13.1. The number of benzene rings is 2. The number of hydrogen-bond acceptors (Lipinski definition) is 5. The Hall–Kier alpha value is -3.61. The van der Waals surface area contributed by atoms with E-state index in [9.17, 15) is 14.4 Å². The van der Waals surface area contributed by atoms with Crippen LogP contribution in [0.2, 0.25) is 0 Å². The standard InChI is InChI=1S/C20H20N4O3/c1-3-16(22-14-6-4-5-13(21)11-14)17-18(25)23-20(27)24(19(17)26)15-9-7-12(2)8-10-15/h3-11,17,22H,21H2,1-2H3,(H,23,25,27)/b16-3+/t17-/m0/s1. The lowest BCUT2D eigenvalue weighted by Gasteiger charge is -2.31. The summed E-state index contributed by atoms with van der Waals surface area (Å²) in [6.45, 7) is 3.61. The number of carbonyl (C=O) groups is 3. The molecule has 138 valence electrons. The molecule has 7 heteroatoms. The first-order valence-electron chi connectivity index (χ1n) is 8.45. The van der Waals surface area contributed by atoms with Crippen molar-refractivity contribution in [3.63, 3.8) is 0 Å². The number of amides is 4. The molecule has 0 spiro atoms. The molecular weight excluding hydrogens is 344 g/mol. The Balaban J connectivity index is 1.92. The van der Waals surface area contributed by atoms with Gasteiger partial charge in [-0.15, -0.1) is 0 Å². The SMILES string of the molecule is C/C=C(/Nc1cccc(N)c1)[C@H]1C(=O)NC(=O)N(c2ccc(C)cc2)C1=O. The summed E-state index contributed by atoms with van der Waals surface area (Å²) in [6.07, 6.45) is 1.63. The molecule has 3 rings (SSSR count). The van der Waals surface area contributed by atoms with E-state index in [1.54, 1.807) is 61.5 Å². The fourth-order valence-electron chi connectivity index (χ4n) is 2.88. The largest absolute Gasteiger partial charge is 0.399 e. The highest BCUT2D eigenvalue weighted by Gasteiger charge is 2.43. The molecule has 1 atom stereocenters. The molecule has 0 aliphatic carbocycles. The van der Waals surface area contributed by atoms with Crippen molar-refractivity contribution >= 4 is 34.9 Å². The number of imide groups is 2. The molecular formula is C20H20N4O3. The van der Waals surface area contributed by atoms with Crippen molar-refractivity contribution in [2.75, 3.05) is 16.0 Å². The van der Waals surface area contributed by atoms with Crippen LogP contribution in [0.25, 0.3) is 0 Å². The first-order valence-corrected chi connectivity index (χ1v) is 8.45. The molecule has 2 aromatic rings. The minimum Gasteiger partial charge on any atom is -0.399 e. The van der Waals surface area contributed by atoms with Crippen LogP contribution in [0.4, 0.5) is 21.9 Å². The normalized spacial score (nSPS) is 17.7. The van der Waals surface area contributed by atoms with Gasteiger partial charge in [-0.25, -0.2) is 9.69 Å². The minimum absolute atomic E-state index is 0.368. The number of nitrogen functional groups attached to an aromatic ring is 1. The van der Waals surface area contributed by atoms with Crippen LogP contribution >= 0.6 is 0 Å². The van der Waals surface area contributed by atoms with E-state index in [0.29, 0.717) is 22.8 Å². The number of nitrogens with one attached hydrogen (secondary N) is 2. The molecule has 2 aromatic carbocycles. The second kappa shape index (κ2) is 7.33. The summed E-state index contributed by atoms with van der Waals surface area (Å²) >= 11 is 0. The quantitative estimate of drug-likeness (QED) is 0.572. The van der Waals surface area contributed by atoms with Crippen molar-refractivity contribution in [3.05, 3.63) is 65.9 Å². The Labute approximate surface area is 156 Å². The second-order valence-electron chi connectivity index (χ2n) is 6.23. The van der Waals surface area contributed by atoms with Crippen LogP contribution in [-0.4, -0.2) is 17.8 Å². The molecule has 4 amide bonds. The Bertz CT molecular complexity index is 934. The average Bonchev–Trinajstić information content (AvgIpc) is 2.62. The molecule has 0 radical (unpaired) electrons. The van der Waals surface area contributed by atoms with Gasteiger partial charge in [0, 0.05) is 17.1 Å². The highest BCUT2D eigenvalue weighted by Crippen LogP contribution is 2.26. The lowest BCUT2D eigenvalue weighted by molar-refractivity contribution is -0.132. The van der Waals surface area contributed by atoms with Crippen molar-refractivity contribution in [3.8, 4) is 0 Å². The van der Waals surface area contributed by atoms with Crippen LogP contribution < -0.4 is 21.3 Å². The third kappa shape index (κ3) is 3.67. The summed E-state index contributed by atoms with van der Waals surface area (Å²) in [5.74, 6) is -2.45. The first-order chi connectivity index (χ1) is 12.9. The van der Waals surface area contributed by atoms with Crippen LogP contribution in [-0.2, 0) is 9.59 Å². The number of nitrogens with two attached hydrogens (primary N) is 1. The van der Waals surface area contributed by atoms with Crippen molar-refractivity contribution < 1.29 is 14.4 Å². The number of urea groups is 1. The second-order valence-corrected chi connectivity index (χ2v) is 6.23. The van der Waals surface area contributed by atoms with Gasteiger partial charge in [0.05, 0.1) is 5.69 Å². The van der Waals surface area contributed by atoms with Gasteiger partial charge in [0.15, 0.2) is 5.92 Å². The predicted molar refractivity (Wildman–Crippen MR) is 104 cm³/mol. The van der Waals surface area contributed by atoms with E-state index >= 15 is 0 Å². The zero-order chi connectivity index (χ0) is 19.6. The molecule has 7 nitrogen and oxygen atoms in total. The molecule has 1 fully saturated rings. The maximum absolute atomic E-state index is 13.0. The molecule has 0 aromatic heterocycles. The Morgan fingerprint density at radius 2 is 1.85 bits per heavy atom. The Kier molecular flexibility index (Phi) is 4.94. The van der Waals surface area contributed by atoms with Gasteiger partial charge in [0.1, 0.15) is 0 Å². The molecule has 0 bridgehead atoms. The monoisotopic (exact) mass is 364 g/mol. The van der Waals surface area contributed by atoms with Gasteiger partial charge >= 0.3 is 6.03 Å². The van der Waals surface area contributed by atoms with Gasteiger partial charge in [-0.3, -0.25) is 14.9 Å². The zero-order valence-corrected chi connectivity index (χ0v) is 15.0. The van der Waals surface area contributed by atoms with E-state index in [4.69, 9.17) is 5.73 Å². The van der Waals surface area contributed by atoms with Crippen LogP contribution in [0.15, 0.2) is 60.3 Å². The topological polar surface area (TPSA) is 105 Å². The van der Waals surface area contributed by atoms with E-state index in [2.05, 4.69) is 10.6 Å². The number of aryl methyl sites for hydroxylation is 1. The van der Waals surface area contributed by atoms with Crippen molar-refractivity contribution in [2.24, 2.45) is 5.92 Å². The third-order valence-corrected chi connectivity index (χ3v) is 4.25. The molecule has 0 unspecified atom stereocenters. The van der Waals surface area contributed by atoms with Crippen molar-refractivity contribution in [1.82, 2.24) is 5.32 Å². The summed E-state index contributed by atoms with van der Waals surface area (Å²) in [4.78, 5) is 38.7. The lowest BCUT2D eigenvalue weighted by Crippen LogP contribution is -2.59. The van der Waals surface area contributed by atoms with Crippen molar-refractivity contribution in [2.45, 2.75) is 13.8 Å². The minimum atomic E-state index is -1.17. The number of carbonyl (C=O) groups excluding carboxylic acids is 3. The zero-order valence-electron chi connectivity index (χ0n) is 15.0. The van der Waals surface area contributed by atoms with Crippen molar-refractivity contribution in [1.29, 1.82) is 0 Å². The highest BCUT2D eigenvalue weighted by molar-refractivity contribution is 6.29. The number of barbiturate groups is 1. The molecule has 1 aliphatic heterocycles. The lowest BCUT2D eigenvalue weighted by atomic mass is 9.99. The van der Waals surface area contributed by atoms with Gasteiger partial charge < -0.3 is 11.1 Å². The molecule has 4 N–H and O–H groups in total.